The molecule has 174 valence electrons. The topological polar surface area (TPSA) is 87.6 Å². The molecule has 0 saturated heterocycles. The SMILES string of the molecule is CC(C)c1nc(COC(F)(F)c2nnc3ccc(-c4ccc(OC(F)(F)F)cc4)cn23)no1. The van der Waals surface area contributed by atoms with Gasteiger partial charge < -0.3 is 14.0 Å². The summed E-state index contributed by atoms with van der Waals surface area (Å²) in [4.78, 5) is 3.98. The first-order chi connectivity index (χ1) is 15.5. The second kappa shape index (κ2) is 8.39. The molecule has 8 nitrogen and oxygen atoms in total. The number of halogens is 5. The first kappa shape index (κ1) is 22.6. The van der Waals surface area contributed by atoms with Crippen molar-refractivity contribution < 1.29 is 35.9 Å². The van der Waals surface area contributed by atoms with Crippen LogP contribution in [0.25, 0.3) is 16.8 Å². The zero-order valence-electron chi connectivity index (χ0n) is 17.2. The van der Waals surface area contributed by atoms with Gasteiger partial charge in [-0.3, -0.25) is 4.40 Å². The van der Waals surface area contributed by atoms with E-state index in [0.29, 0.717) is 17.0 Å². The molecule has 0 spiro atoms. The highest BCUT2D eigenvalue weighted by Gasteiger charge is 2.39. The van der Waals surface area contributed by atoms with Crippen molar-refractivity contribution in [2.75, 3.05) is 0 Å². The predicted molar refractivity (Wildman–Crippen MR) is 102 cm³/mol. The summed E-state index contributed by atoms with van der Waals surface area (Å²) in [6.45, 7) is 2.99. The fourth-order valence-electron chi connectivity index (χ4n) is 2.89. The summed E-state index contributed by atoms with van der Waals surface area (Å²) in [5.41, 5.74) is 1.01. The Hall–Kier alpha value is -3.61. The lowest BCUT2D eigenvalue weighted by molar-refractivity contribution is -0.274. The molecule has 3 heterocycles. The van der Waals surface area contributed by atoms with Gasteiger partial charge in [0, 0.05) is 12.1 Å². The Morgan fingerprint density at radius 1 is 0.970 bits per heavy atom. The van der Waals surface area contributed by atoms with Crippen LogP contribution in [0, 0.1) is 0 Å². The Kier molecular flexibility index (Phi) is 5.74. The zero-order chi connectivity index (χ0) is 23.8. The van der Waals surface area contributed by atoms with Crippen molar-refractivity contribution in [1.29, 1.82) is 0 Å². The predicted octanol–water partition coefficient (Wildman–Crippen LogP) is 5.07. The molecular formula is C20H16F5N5O3. The molecule has 13 heteroatoms. The summed E-state index contributed by atoms with van der Waals surface area (Å²) in [6.07, 6.45) is -7.34. The second-order valence-electron chi connectivity index (χ2n) is 7.25. The van der Waals surface area contributed by atoms with E-state index in [1.165, 1.54) is 24.4 Å². The van der Waals surface area contributed by atoms with E-state index in [0.717, 1.165) is 16.5 Å². The average molecular weight is 469 g/mol. The van der Waals surface area contributed by atoms with Gasteiger partial charge in [0.15, 0.2) is 11.5 Å². The third-order valence-electron chi connectivity index (χ3n) is 4.44. The number of hydrogen-bond acceptors (Lipinski definition) is 7. The Balaban J connectivity index is 1.56. The van der Waals surface area contributed by atoms with Crippen LogP contribution in [0.2, 0.25) is 0 Å². The fraction of sp³-hybridized carbons (Fsp3) is 0.300. The Morgan fingerprint density at radius 2 is 1.67 bits per heavy atom. The number of hydrogen-bond donors (Lipinski definition) is 0. The van der Waals surface area contributed by atoms with E-state index in [1.807, 2.05) is 13.8 Å². The maximum atomic E-state index is 14.8. The molecule has 0 radical (unpaired) electrons. The molecule has 3 aromatic heterocycles. The summed E-state index contributed by atoms with van der Waals surface area (Å²) in [7, 11) is 0. The zero-order valence-corrected chi connectivity index (χ0v) is 17.2. The third-order valence-corrected chi connectivity index (χ3v) is 4.44. The van der Waals surface area contributed by atoms with E-state index in [1.54, 1.807) is 6.07 Å². The van der Waals surface area contributed by atoms with Crippen molar-refractivity contribution in [3.8, 4) is 16.9 Å². The highest BCUT2D eigenvalue weighted by Crippen LogP contribution is 2.31. The Bertz CT molecular complexity index is 1250. The van der Waals surface area contributed by atoms with Gasteiger partial charge in [-0.05, 0) is 35.4 Å². The van der Waals surface area contributed by atoms with E-state index in [-0.39, 0.29) is 17.4 Å². The van der Waals surface area contributed by atoms with Crippen LogP contribution >= 0.6 is 0 Å². The second-order valence-corrected chi connectivity index (χ2v) is 7.25. The van der Waals surface area contributed by atoms with E-state index >= 15 is 0 Å². The third kappa shape index (κ3) is 5.08. The van der Waals surface area contributed by atoms with Crippen LogP contribution in [0.1, 0.15) is 37.3 Å². The molecule has 0 amide bonds. The van der Waals surface area contributed by atoms with Gasteiger partial charge in [0.1, 0.15) is 12.4 Å². The average Bonchev–Trinajstić information content (AvgIpc) is 3.39. The van der Waals surface area contributed by atoms with Gasteiger partial charge in [0.25, 0.3) is 0 Å². The van der Waals surface area contributed by atoms with Gasteiger partial charge in [-0.25, -0.2) is 0 Å². The van der Waals surface area contributed by atoms with Crippen LogP contribution in [0.15, 0.2) is 47.1 Å². The van der Waals surface area contributed by atoms with Crippen molar-refractivity contribution in [3.63, 3.8) is 0 Å². The fourth-order valence-corrected chi connectivity index (χ4v) is 2.89. The molecule has 0 fully saturated rings. The number of aromatic nitrogens is 5. The minimum Gasteiger partial charge on any atom is -0.406 e. The van der Waals surface area contributed by atoms with Crippen molar-refractivity contribution in [1.82, 2.24) is 24.7 Å². The van der Waals surface area contributed by atoms with Crippen molar-refractivity contribution in [3.05, 3.63) is 60.1 Å². The number of ether oxygens (including phenoxy) is 2. The molecule has 0 unspecified atom stereocenters. The maximum absolute atomic E-state index is 14.8. The Labute approximate surface area is 183 Å². The molecule has 1 aromatic carbocycles. The summed E-state index contributed by atoms with van der Waals surface area (Å²) in [5.74, 6) is -1.02. The Morgan fingerprint density at radius 3 is 2.30 bits per heavy atom. The highest BCUT2D eigenvalue weighted by atomic mass is 19.4. The van der Waals surface area contributed by atoms with E-state index in [2.05, 4.69) is 25.1 Å². The lowest BCUT2D eigenvalue weighted by Crippen LogP contribution is -2.22. The van der Waals surface area contributed by atoms with Crippen molar-refractivity contribution in [2.24, 2.45) is 0 Å². The number of rotatable bonds is 7. The first-order valence-electron chi connectivity index (χ1n) is 9.57. The van der Waals surface area contributed by atoms with Crippen molar-refractivity contribution in [2.45, 2.75) is 38.8 Å². The minimum atomic E-state index is -4.82. The number of alkyl halides is 5. The minimum absolute atomic E-state index is 0.0472. The standard InChI is InChI=1S/C20H16F5N5O3/c1-11(2)17-26-15(29-33-17)10-31-19(21,22)18-28-27-16-8-5-13(9-30(16)18)12-3-6-14(7-4-12)32-20(23,24)25/h3-9,11H,10H2,1-2H3. The molecule has 0 saturated carbocycles. The summed E-state index contributed by atoms with van der Waals surface area (Å²) < 4.78 is 81.1. The number of benzene rings is 1. The number of pyridine rings is 1. The van der Waals surface area contributed by atoms with Crippen molar-refractivity contribution >= 4 is 5.65 Å². The molecule has 0 aliphatic carbocycles. The lowest BCUT2D eigenvalue weighted by Gasteiger charge is -2.14. The molecule has 4 rings (SSSR count). The van der Waals surface area contributed by atoms with E-state index in [4.69, 9.17) is 9.26 Å². The quantitative estimate of drug-likeness (QED) is 0.349. The summed E-state index contributed by atoms with van der Waals surface area (Å²) >= 11 is 0. The normalized spacial score (nSPS) is 12.6. The molecule has 0 aliphatic rings. The lowest BCUT2D eigenvalue weighted by atomic mass is 10.1. The van der Waals surface area contributed by atoms with Gasteiger partial charge in [-0.15, -0.1) is 23.4 Å². The van der Waals surface area contributed by atoms with Crippen LogP contribution in [-0.2, 0) is 17.5 Å². The molecule has 0 bridgehead atoms. The largest absolute Gasteiger partial charge is 0.573 e. The highest BCUT2D eigenvalue weighted by molar-refractivity contribution is 5.65. The molecule has 33 heavy (non-hydrogen) atoms. The maximum Gasteiger partial charge on any atom is 0.573 e. The molecule has 4 aromatic rings. The van der Waals surface area contributed by atoms with Crippen LogP contribution in [-0.4, -0.2) is 31.1 Å². The van der Waals surface area contributed by atoms with Crippen LogP contribution in [0.3, 0.4) is 0 Å². The number of nitrogens with zero attached hydrogens (tertiary/aromatic N) is 5. The number of fused-ring (bicyclic) bond motifs is 1. The van der Waals surface area contributed by atoms with Gasteiger partial charge in [0.05, 0.1) is 0 Å². The summed E-state index contributed by atoms with van der Waals surface area (Å²) in [6, 6.07) is 7.98. The molecule has 0 N–H and O–H groups in total. The van der Waals surface area contributed by atoms with Gasteiger partial charge in [0.2, 0.25) is 11.7 Å². The summed E-state index contributed by atoms with van der Waals surface area (Å²) in [5, 5.41) is 10.8. The van der Waals surface area contributed by atoms with E-state index < -0.39 is 30.7 Å². The van der Waals surface area contributed by atoms with Crippen LogP contribution < -0.4 is 4.74 Å². The van der Waals surface area contributed by atoms with Crippen LogP contribution in [0.5, 0.6) is 5.75 Å². The monoisotopic (exact) mass is 469 g/mol. The molecule has 0 aliphatic heterocycles. The van der Waals surface area contributed by atoms with Gasteiger partial charge in [-0.1, -0.05) is 31.1 Å². The van der Waals surface area contributed by atoms with Gasteiger partial charge in [-0.2, -0.15) is 13.8 Å². The van der Waals surface area contributed by atoms with E-state index in [9.17, 15) is 22.0 Å². The molecular weight excluding hydrogens is 453 g/mol. The van der Waals surface area contributed by atoms with Crippen LogP contribution in [0.4, 0.5) is 22.0 Å². The van der Waals surface area contributed by atoms with Gasteiger partial charge >= 0.3 is 12.5 Å². The first-order valence-corrected chi connectivity index (χ1v) is 9.57. The molecule has 0 atom stereocenters. The smallest absolute Gasteiger partial charge is 0.406 e.